The summed E-state index contributed by atoms with van der Waals surface area (Å²) in [4.78, 5) is 12.3. The lowest BCUT2D eigenvalue weighted by molar-refractivity contribution is 0.0998. The van der Waals surface area contributed by atoms with Crippen molar-refractivity contribution < 1.29 is 18.7 Å². The van der Waals surface area contributed by atoms with E-state index in [2.05, 4.69) is 5.32 Å². The fourth-order valence-corrected chi connectivity index (χ4v) is 2.62. The molecule has 124 valence electrons. The molecule has 0 aliphatic carbocycles. The normalized spacial score (nSPS) is 10.9. The van der Waals surface area contributed by atoms with Crippen molar-refractivity contribution in [2.24, 2.45) is 0 Å². The van der Waals surface area contributed by atoms with Crippen LogP contribution in [0, 0.1) is 0 Å². The Bertz CT molecular complexity index is 994. The maximum absolute atomic E-state index is 12.3. The molecule has 2 aromatic carbocycles. The van der Waals surface area contributed by atoms with Crippen LogP contribution in [-0.4, -0.2) is 11.0 Å². The number of benzene rings is 2. The number of fused-ring (bicyclic) bond motifs is 1. The summed E-state index contributed by atoms with van der Waals surface area (Å²) in [5.41, 5.74) is 2.20. The van der Waals surface area contributed by atoms with Crippen LogP contribution in [0.5, 0.6) is 0 Å². The summed E-state index contributed by atoms with van der Waals surface area (Å²) >= 11 is 0. The molecule has 0 atom stereocenters. The standard InChI is InChI=1S/C20H15NO4/c22-12-16-9-10-18(24-16)13-5-7-15(8-6-13)21-20(23)19-11-14-3-1-2-4-17(14)25-19/h1-11,22H,12H2,(H,21,23). The molecule has 0 unspecified atom stereocenters. The van der Waals surface area contributed by atoms with Gasteiger partial charge in [-0.15, -0.1) is 0 Å². The van der Waals surface area contributed by atoms with Gasteiger partial charge < -0.3 is 19.3 Å². The van der Waals surface area contributed by atoms with E-state index in [1.165, 1.54) is 0 Å². The predicted molar refractivity (Wildman–Crippen MR) is 94.2 cm³/mol. The largest absolute Gasteiger partial charge is 0.459 e. The van der Waals surface area contributed by atoms with E-state index in [1.54, 1.807) is 30.3 Å². The number of aliphatic hydroxyl groups is 1. The molecule has 5 nitrogen and oxygen atoms in total. The van der Waals surface area contributed by atoms with Crippen molar-refractivity contribution in [1.29, 1.82) is 0 Å². The van der Waals surface area contributed by atoms with Crippen LogP contribution in [0.1, 0.15) is 16.3 Å². The lowest BCUT2D eigenvalue weighted by atomic mass is 10.1. The van der Waals surface area contributed by atoms with Gasteiger partial charge in [0.2, 0.25) is 0 Å². The number of para-hydroxylation sites is 1. The molecule has 0 radical (unpaired) electrons. The van der Waals surface area contributed by atoms with Crippen molar-refractivity contribution in [1.82, 2.24) is 0 Å². The highest BCUT2D eigenvalue weighted by Crippen LogP contribution is 2.25. The highest BCUT2D eigenvalue weighted by Gasteiger charge is 2.12. The molecule has 0 bridgehead atoms. The number of nitrogens with one attached hydrogen (secondary N) is 1. The Kier molecular flexibility index (Phi) is 3.84. The van der Waals surface area contributed by atoms with Crippen LogP contribution in [0.2, 0.25) is 0 Å². The first-order valence-electron chi connectivity index (χ1n) is 7.83. The van der Waals surface area contributed by atoms with Crippen molar-refractivity contribution in [2.75, 3.05) is 5.32 Å². The molecule has 4 aromatic rings. The van der Waals surface area contributed by atoms with E-state index >= 15 is 0 Å². The first-order valence-corrected chi connectivity index (χ1v) is 7.83. The van der Waals surface area contributed by atoms with Gasteiger partial charge in [0.25, 0.3) is 5.91 Å². The lowest BCUT2D eigenvalue weighted by Gasteiger charge is -2.04. The van der Waals surface area contributed by atoms with E-state index in [-0.39, 0.29) is 18.3 Å². The highest BCUT2D eigenvalue weighted by atomic mass is 16.4. The quantitative estimate of drug-likeness (QED) is 0.579. The van der Waals surface area contributed by atoms with Crippen molar-refractivity contribution in [3.05, 3.63) is 78.3 Å². The summed E-state index contributed by atoms with van der Waals surface area (Å²) in [6, 6.07) is 20.0. The van der Waals surface area contributed by atoms with E-state index in [0.29, 0.717) is 22.8 Å². The van der Waals surface area contributed by atoms with Gasteiger partial charge in [-0.1, -0.05) is 18.2 Å². The molecule has 4 rings (SSSR count). The fourth-order valence-electron chi connectivity index (χ4n) is 2.62. The number of rotatable bonds is 4. The number of carbonyl (C=O) groups excluding carboxylic acids is 1. The summed E-state index contributed by atoms with van der Waals surface area (Å²) < 4.78 is 11.0. The zero-order valence-corrected chi connectivity index (χ0v) is 13.2. The maximum Gasteiger partial charge on any atom is 0.291 e. The SMILES string of the molecule is O=C(Nc1ccc(-c2ccc(CO)o2)cc1)c1cc2ccccc2o1. The number of furan rings is 2. The third-order valence-corrected chi connectivity index (χ3v) is 3.89. The molecule has 0 aliphatic rings. The Morgan fingerprint density at radius 1 is 0.960 bits per heavy atom. The van der Waals surface area contributed by atoms with E-state index in [4.69, 9.17) is 13.9 Å². The van der Waals surface area contributed by atoms with Crippen molar-refractivity contribution in [2.45, 2.75) is 6.61 Å². The predicted octanol–water partition coefficient (Wildman–Crippen LogP) is 4.44. The van der Waals surface area contributed by atoms with Crippen LogP contribution < -0.4 is 5.32 Å². The summed E-state index contributed by atoms with van der Waals surface area (Å²) in [6.07, 6.45) is 0. The first-order chi connectivity index (χ1) is 12.2. The average Bonchev–Trinajstić information content (AvgIpc) is 3.29. The monoisotopic (exact) mass is 333 g/mol. The first kappa shape index (κ1) is 15.2. The van der Waals surface area contributed by atoms with Gasteiger partial charge in [-0.3, -0.25) is 4.79 Å². The summed E-state index contributed by atoms with van der Waals surface area (Å²) in [5.74, 6) is 1.14. The van der Waals surface area contributed by atoms with Crippen LogP contribution in [0.15, 0.2) is 75.6 Å². The van der Waals surface area contributed by atoms with E-state index in [1.807, 2.05) is 36.4 Å². The number of hydrogen-bond donors (Lipinski definition) is 2. The zero-order valence-electron chi connectivity index (χ0n) is 13.2. The van der Waals surface area contributed by atoms with Gasteiger partial charge in [-0.25, -0.2) is 0 Å². The Hall–Kier alpha value is -3.31. The Labute approximate surface area is 143 Å². The van der Waals surface area contributed by atoms with Crippen LogP contribution >= 0.6 is 0 Å². The van der Waals surface area contributed by atoms with Crippen LogP contribution in [0.3, 0.4) is 0 Å². The van der Waals surface area contributed by atoms with Gasteiger partial charge in [0.15, 0.2) is 5.76 Å². The summed E-state index contributed by atoms with van der Waals surface area (Å²) in [6.45, 7) is -0.133. The fraction of sp³-hybridized carbons (Fsp3) is 0.0500. The second-order valence-electron chi connectivity index (χ2n) is 5.60. The summed E-state index contributed by atoms with van der Waals surface area (Å²) in [7, 11) is 0. The van der Waals surface area contributed by atoms with Crippen molar-refractivity contribution >= 4 is 22.6 Å². The molecule has 2 N–H and O–H groups in total. The van der Waals surface area contributed by atoms with Gasteiger partial charge in [-0.2, -0.15) is 0 Å². The molecular formula is C20H15NO4. The maximum atomic E-state index is 12.3. The number of anilines is 1. The van der Waals surface area contributed by atoms with E-state index in [0.717, 1.165) is 10.9 Å². The average molecular weight is 333 g/mol. The molecule has 5 heteroatoms. The zero-order chi connectivity index (χ0) is 17.2. The number of aliphatic hydroxyl groups excluding tert-OH is 1. The molecule has 0 aliphatic heterocycles. The number of amides is 1. The smallest absolute Gasteiger partial charge is 0.291 e. The molecule has 1 amide bonds. The van der Waals surface area contributed by atoms with E-state index in [9.17, 15) is 4.79 Å². The molecule has 0 fully saturated rings. The van der Waals surface area contributed by atoms with Gasteiger partial charge in [0, 0.05) is 16.6 Å². The van der Waals surface area contributed by atoms with Gasteiger partial charge in [0.1, 0.15) is 23.7 Å². The number of carbonyl (C=O) groups is 1. The highest BCUT2D eigenvalue weighted by molar-refractivity contribution is 6.04. The third-order valence-electron chi connectivity index (χ3n) is 3.89. The Balaban J connectivity index is 1.51. The van der Waals surface area contributed by atoms with Crippen molar-refractivity contribution in [3.8, 4) is 11.3 Å². The van der Waals surface area contributed by atoms with Gasteiger partial charge in [0.05, 0.1) is 0 Å². The van der Waals surface area contributed by atoms with Crippen LogP contribution in [0.4, 0.5) is 5.69 Å². The van der Waals surface area contributed by atoms with Gasteiger partial charge >= 0.3 is 0 Å². The Morgan fingerprint density at radius 2 is 1.76 bits per heavy atom. The molecule has 2 heterocycles. The Morgan fingerprint density at radius 3 is 2.48 bits per heavy atom. The van der Waals surface area contributed by atoms with Crippen LogP contribution in [-0.2, 0) is 6.61 Å². The molecule has 0 saturated heterocycles. The third kappa shape index (κ3) is 3.05. The minimum atomic E-state index is -0.301. The van der Waals surface area contributed by atoms with Crippen molar-refractivity contribution in [3.63, 3.8) is 0 Å². The van der Waals surface area contributed by atoms with Crippen LogP contribution in [0.25, 0.3) is 22.3 Å². The van der Waals surface area contributed by atoms with Gasteiger partial charge in [-0.05, 0) is 48.5 Å². The molecular weight excluding hydrogens is 318 g/mol. The second-order valence-corrected chi connectivity index (χ2v) is 5.60. The molecule has 2 aromatic heterocycles. The molecule has 0 saturated carbocycles. The second kappa shape index (κ2) is 6.30. The molecule has 25 heavy (non-hydrogen) atoms. The molecule has 0 spiro atoms. The minimum Gasteiger partial charge on any atom is -0.459 e. The topological polar surface area (TPSA) is 75.6 Å². The summed E-state index contributed by atoms with van der Waals surface area (Å²) in [5, 5.41) is 12.8. The lowest BCUT2D eigenvalue weighted by Crippen LogP contribution is -2.10. The number of hydrogen-bond acceptors (Lipinski definition) is 4. The van der Waals surface area contributed by atoms with E-state index < -0.39 is 0 Å². The minimum absolute atomic E-state index is 0.133.